The number of rotatable bonds is 5. The molecule has 1 aliphatic heterocycles. The number of hydrogen-bond acceptors (Lipinski definition) is 5. The molecule has 4 rings (SSSR count). The summed E-state index contributed by atoms with van der Waals surface area (Å²) in [6.07, 6.45) is 2.19. The number of nitrogens with one attached hydrogen (secondary N) is 1. The van der Waals surface area contributed by atoms with E-state index >= 15 is 0 Å². The molecule has 1 N–H and O–H groups in total. The molecule has 0 saturated carbocycles. The molecular weight excluding hydrogens is 382 g/mol. The predicted molar refractivity (Wildman–Crippen MR) is 102 cm³/mol. The average Bonchev–Trinajstić information content (AvgIpc) is 3.39. The summed E-state index contributed by atoms with van der Waals surface area (Å²) in [5.74, 6) is -1.61. The number of anilines is 2. The van der Waals surface area contributed by atoms with Crippen molar-refractivity contribution in [3.8, 4) is 0 Å². The fraction of sp³-hybridized carbons (Fsp3) is 0.250. The summed E-state index contributed by atoms with van der Waals surface area (Å²) in [6, 6.07) is 9.21. The first-order valence-corrected chi connectivity index (χ1v) is 9.18. The van der Waals surface area contributed by atoms with Crippen molar-refractivity contribution in [1.82, 2.24) is 9.78 Å². The Morgan fingerprint density at radius 2 is 1.86 bits per heavy atom. The van der Waals surface area contributed by atoms with E-state index in [0.717, 1.165) is 43.9 Å². The Bertz CT molecular complexity index is 1100. The molecule has 9 heteroatoms. The van der Waals surface area contributed by atoms with Crippen LogP contribution < -0.4 is 15.8 Å². The van der Waals surface area contributed by atoms with Gasteiger partial charge in [-0.25, -0.2) is 13.5 Å². The Hall–Kier alpha value is -3.49. The van der Waals surface area contributed by atoms with Gasteiger partial charge in [0.15, 0.2) is 17.4 Å². The fourth-order valence-electron chi connectivity index (χ4n) is 3.17. The largest absolute Gasteiger partial charge is 0.454 e. The van der Waals surface area contributed by atoms with E-state index in [2.05, 4.69) is 15.3 Å². The molecule has 1 aromatic carbocycles. The Balaban J connectivity index is 1.47. The summed E-state index contributed by atoms with van der Waals surface area (Å²) < 4.78 is 33.0. The molecule has 1 saturated heterocycles. The molecule has 29 heavy (non-hydrogen) atoms. The van der Waals surface area contributed by atoms with Gasteiger partial charge in [-0.2, -0.15) is 5.10 Å². The first kappa shape index (κ1) is 18.9. The number of halogens is 2. The highest BCUT2D eigenvalue weighted by Crippen LogP contribution is 2.17. The molecule has 1 aliphatic rings. The third-order valence-corrected chi connectivity index (χ3v) is 4.65. The van der Waals surface area contributed by atoms with Crippen molar-refractivity contribution in [1.29, 1.82) is 0 Å². The number of nitrogens with zero attached hydrogens (tertiary/aromatic N) is 3. The third kappa shape index (κ3) is 4.18. The number of aromatic nitrogens is 2. The molecule has 150 valence electrons. The molecule has 3 aromatic rings. The van der Waals surface area contributed by atoms with Crippen molar-refractivity contribution < 1.29 is 18.0 Å². The van der Waals surface area contributed by atoms with Gasteiger partial charge in [-0.1, -0.05) is 0 Å². The van der Waals surface area contributed by atoms with Gasteiger partial charge in [-0.05, 0) is 43.2 Å². The van der Waals surface area contributed by atoms with E-state index in [1.165, 1.54) is 22.9 Å². The van der Waals surface area contributed by atoms with E-state index in [4.69, 9.17) is 4.42 Å². The molecular formula is C20H18F2N4O3. The number of benzene rings is 1. The maximum absolute atomic E-state index is 13.3. The smallest absolute Gasteiger partial charge is 0.291 e. The fourth-order valence-corrected chi connectivity index (χ4v) is 3.17. The normalized spacial score (nSPS) is 13.7. The van der Waals surface area contributed by atoms with Gasteiger partial charge in [0.1, 0.15) is 18.1 Å². The van der Waals surface area contributed by atoms with Crippen molar-refractivity contribution in [2.24, 2.45) is 0 Å². The van der Waals surface area contributed by atoms with Crippen LogP contribution in [-0.4, -0.2) is 28.8 Å². The second-order valence-corrected chi connectivity index (χ2v) is 6.73. The highest BCUT2D eigenvalue weighted by atomic mass is 19.2. The summed E-state index contributed by atoms with van der Waals surface area (Å²) in [5, 5.41) is 6.81. The van der Waals surface area contributed by atoms with Gasteiger partial charge in [-0.15, -0.1) is 0 Å². The summed E-state index contributed by atoms with van der Waals surface area (Å²) in [4.78, 5) is 26.5. The zero-order chi connectivity index (χ0) is 20.4. The van der Waals surface area contributed by atoms with E-state index in [-0.39, 0.29) is 23.6 Å². The molecule has 0 unspecified atom stereocenters. The Labute approximate surface area is 164 Å². The van der Waals surface area contributed by atoms with Crippen LogP contribution in [0.2, 0.25) is 0 Å². The number of hydrogen-bond donors (Lipinski definition) is 1. The van der Waals surface area contributed by atoms with Crippen molar-refractivity contribution >= 4 is 17.4 Å². The Kier molecular flexibility index (Phi) is 5.11. The molecule has 0 atom stereocenters. The van der Waals surface area contributed by atoms with Gasteiger partial charge >= 0.3 is 0 Å². The SMILES string of the molecule is O=C(Nc1ccc(F)c(F)c1)c1ccc(Cn2nc(N3CCCC3)ccc2=O)o1. The maximum Gasteiger partial charge on any atom is 0.291 e. The van der Waals surface area contributed by atoms with E-state index < -0.39 is 17.5 Å². The van der Waals surface area contributed by atoms with Gasteiger partial charge in [0.05, 0.1) is 0 Å². The zero-order valence-corrected chi connectivity index (χ0v) is 15.4. The average molecular weight is 400 g/mol. The van der Waals surface area contributed by atoms with Crippen molar-refractivity contribution in [2.75, 3.05) is 23.3 Å². The minimum absolute atomic E-state index is 0.0199. The number of carbonyl (C=O) groups excluding carboxylic acids is 1. The second-order valence-electron chi connectivity index (χ2n) is 6.73. The predicted octanol–water partition coefficient (Wildman–Crippen LogP) is 3.02. The van der Waals surface area contributed by atoms with Crippen LogP contribution in [0, 0.1) is 11.6 Å². The van der Waals surface area contributed by atoms with Gasteiger partial charge in [0.25, 0.3) is 11.5 Å². The molecule has 0 spiro atoms. The first-order valence-electron chi connectivity index (χ1n) is 9.18. The molecule has 3 heterocycles. The van der Waals surface area contributed by atoms with Crippen LogP contribution in [0.5, 0.6) is 0 Å². The topological polar surface area (TPSA) is 80.4 Å². The lowest BCUT2D eigenvalue weighted by molar-refractivity contribution is 0.0994. The van der Waals surface area contributed by atoms with Gasteiger partial charge in [0.2, 0.25) is 0 Å². The minimum atomic E-state index is -1.06. The number of amides is 1. The summed E-state index contributed by atoms with van der Waals surface area (Å²) >= 11 is 0. The van der Waals surface area contributed by atoms with Gasteiger partial charge < -0.3 is 14.6 Å². The van der Waals surface area contributed by atoms with Gasteiger partial charge in [-0.3, -0.25) is 9.59 Å². The van der Waals surface area contributed by atoms with E-state index in [0.29, 0.717) is 5.76 Å². The lowest BCUT2D eigenvalue weighted by Crippen LogP contribution is -2.27. The van der Waals surface area contributed by atoms with Crippen molar-refractivity contribution in [3.63, 3.8) is 0 Å². The van der Waals surface area contributed by atoms with Crippen LogP contribution in [0.15, 0.2) is 51.7 Å². The summed E-state index contributed by atoms with van der Waals surface area (Å²) in [6.45, 7) is 1.87. The van der Waals surface area contributed by atoms with Crippen LogP contribution in [0.4, 0.5) is 20.3 Å². The van der Waals surface area contributed by atoms with Crippen LogP contribution in [0.1, 0.15) is 29.2 Å². The maximum atomic E-state index is 13.3. The minimum Gasteiger partial charge on any atom is -0.454 e. The molecule has 1 fully saturated rings. The van der Waals surface area contributed by atoms with Crippen LogP contribution in [0.3, 0.4) is 0 Å². The van der Waals surface area contributed by atoms with E-state index in [1.54, 1.807) is 12.1 Å². The highest BCUT2D eigenvalue weighted by Gasteiger charge is 2.16. The first-order chi connectivity index (χ1) is 14.0. The lowest BCUT2D eigenvalue weighted by Gasteiger charge is -2.16. The molecule has 2 aromatic heterocycles. The quantitative estimate of drug-likeness (QED) is 0.712. The highest BCUT2D eigenvalue weighted by molar-refractivity contribution is 6.02. The van der Waals surface area contributed by atoms with Crippen LogP contribution in [0.25, 0.3) is 0 Å². The molecule has 0 bridgehead atoms. The molecule has 0 radical (unpaired) electrons. The molecule has 1 amide bonds. The van der Waals surface area contributed by atoms with Crippen LogP contribution >= 0.6 is 0 Å². The summed E-state index contributed by atoms with van der Waals surface area (Å²) in [7, 11) is 0. The third-order valence-electron chi connectivity index (χ3n) is 4.65. The molecule has 7 nitrogen and oxygen atoms in total. The summed E-state index contributed by atoms with van der Waals surface area (Å²) in [5.41, 5.74) is -0.180. The Morgan fingerprint density at radius 3 is 2.62 bits per heavy atom. The number of carbonyl (C=O) groups is 1. The second kappa shape index (κ2) is 7.86. The Morgan fingerprint density at radius 1 is 1.07 bits per heavy atom. The monoisotopic (exact) mass is 400 g/mol. The van der Waals surface area contributed by atoms with Crippen molar-refractivity contribution in [2.45, 2.75) is 19.4 Å². The van der Waals surface area contributed by atoms with Crippen LogP contribution in [-0.2, 0) is 6.54 Å². The standard InChI is InChI=1S/C20H18F2N4O3/c21-15-5-3-13(11-16(15)22)23-20(28)17-6-4-14(29-17)12-26-19(27)8-7-18(24-26)25-9-1-2-10-25/h3-8,11H,1-2,9-10,12H2,(H,23,28). The number of furan rings is 1. The van der Waals surface area contributed by atoms with E-state index in [9.17, 15) is 18.4 Å². The molecule has 0 aliphatic carbocycles. The van der Waals surface area contributed by atoms with E-state index in [1.807, 2.05) is 0 Å². The lowest BCUT2D eigenvalue weighted by atomic mass is 10.3. The zero-order valence-electron chi connectivity index (χ0n) is 15.4. The van der Waals surface area contributed by atoms with Crippen molar-refractivity contribution in [3.05, 3.63) is 76.0 Å². The van der Waals surface area contributed by atoms with Gasteiger partial charge in [0, 0.05) is 30.9 Å².